The Hall–Kier alpha value is -2.29. The molecule has 0 bridgehead atoms. The molecule has 0 radical (unpaired) electrons. The number of aliphatic carboxylic acids is 1. The van der Waals surface area contributed by atoms with Crippen LogP contribution < -0.4 is 10.4 Å². The normalized spacial score (nSPS) is 12.3. The van der Waals surface area contributed by atoms with Crippen molar-refractivity contribution < 1.29 is 14.8 Å². The number of rotatable bonds is 4. The Morgan fingerprint density at radius 3 is 2.83 bits per heavy atom. The second-order valence-electron chi connectivity index (χ2n) is 3.54. The first-order valence-corrected chi connectivity index (χ1v) is 5.61. The van der Waals surface area contributed by atoms with Gasteiger partial charge in [0.1, 0.15) is 11.2 Å². The summed E-state index contributed by atoms with van der Waals surface area (Å²) < 4.78 is 7.73. The topological polar surface area (TPSA) is 121 Å². The van der Waals surface area contributed by atoms with Crippen molar-refractivity contribution in [3.63, 3.8) is 0 Å². The van der Waals surface area contributed by atoms with Gasteiger partial charge in [-0.2, -0.15) is 8.75 Å². The standard InChI is InChI=1S/C9H8N4O4S/c1-4(9(14)15)10-6-3-2-5-7(12-18-11-5)8(6)13(16)17/h2-4,10H,1H3,(H,14,15)/p-1/t4-/m0/s1. The number of aromatic nitrogens is 2. The van der Waals surface area contributed by atoms with Crippen LogP contribution in [0.4, 0.5) is 11.4 Å². The molecule has 1 aromatic heterocycles. The van der Waals surface area contributed by atoms with E-state index in [2.05, 4.69) is 14.1 Å². The minimum absolute atomic E-state index is 0.0805. The van der Waals surface area contributed by atoms with Crippen molar-refractivity contribution in [3.05, 3.63) is 22.2 Å². The van der Waals surface area contributed by atoms with E-state index in [1.165, 1.54) is 19.1 Å². The molecular weight excluding hydrogens is 260 g/mol. The van der Waals surface area contributed by atoms with Crippen molar-refractivity contribution >= 4 is 40.1 Å². The summed E-state index contributed by atoms with van der Waals surface area (Å²) in [6, 6.07) is 1.89. The van der Waals surface area contributed by atoms with Gasteiger partial charge in [0.2, 0.25) is 0 Å². The van der Waals surface area contributed by atoms with E-state index in [9.17, 15) is 20.0 Å². The van der Waals surface area contributed by atoms with E-state index in [0.717, 1.165) is 11.7 Å². The number of nitro benzene ring substituents is 1. The van der Waals surface area contributed by atoms with Crippen LogP contribution in [0, 0.1) is 10.1 Å². The van der Waals surface area contributed by atoms with Crippen molar-refractivity contribution in [2.45, 2.75) is 13.0 Å². The summed E-state index contributed by atoms with van der Waals surface area (Å²) in [7, 11) is 0. The molecule has 1 N–H and O–H groups in total. The number of anilines is 1. The minimum Gasteiger partial charge on any atom is -0.548 e. The fraction of sp³-hybridized carbons (Fsp3) is 0.222. The molecule has 8 nitrogen and oxygen atoms in total. The highest BCUT2D eigenvalue weighted by atomic mass is 32.1. The smallest absolute Gasteiger partial charge is 0.321 e. The molecule has 1 atom stereocenters. The lowest BCUT2D eigenvalue weighted by molar-refractivity contribution is -0.382. The lowest BCUT2D eigenvalue weighted by Crippen LogP contribution is -2.38. The number of carbonyl (C=O) groups excluding carboxylic acids is 1. The fourth-order valence-corrected chi connectivity index (χ4v) is 1.97. The van der Waals surface area contributed by atoms with Crippen molar-refractivity contribution in [2.24, 2.45) is 0 Å². The first kappa shape index (κ1) is 12.2. The molecule has 0 unspecified atom stereocenters. The zero-order valence-corrected chi connectivity index (χ0v) is 9.93. The Kier molecular flexibility index (Phi) is 3.06. The molecule has 0 spiro atoms. The van der Waals surface area contributed by atoms with Crippen LogP contribution in [0.5, 0.6) is 0 Å². The second-order valence-corrected chi connectivity index (χ2v) is 4.06. The van der Waals surface area contributed by atoms with E-state index in [1.807, 2.05) is 0 Å². The molecule has 9 heteroatoms. The summed E-state index contributed by atoms with van der Waals surface area (Å²) in [6.45, 7) is 1.34. The van der Waals surface area contributed by atoms with Crippen LogP contribution in [0.25, 0.3) is 11.0 Å². The molecular formula is C9H7N4O4S-. The first-order valence-electron chi connectivity index (χ1n) is 4.87. The molecule has 0 aliphatic heterocycles. The van der Waals surface area contributed by atoms with Crippen LogP contribution in [0.3, 0.4) is 0 Å². The van der Waals surface area contributed by atoms with Gasteiger partial charge < -0.3 is 15.2 Å². The summed E-state index contributed by atoms with van der Waals surface area (Å²) in [5, 5.41) is 24.2. The van der Waals surface area contributed by atoms with Crippen LogP contribution in [0.15, 0.2) is 12.1 Å². The number of benzene rings is 1. The Morgan fingerprint density at radius 1 is 1.50 bits per heavy atom. The third kappa shape index (κ3) is 2.07. The van der Waals surface area contributed by atoms with Crippen molar-refractivity contribution in [2.75, 3.05) is 5.32 Å². The van der Waals surface area contributed by atoms with E-state index in [-0.39, 0.29) is 16.9 Å². The summed E-state index contributed by atoms with van der Waals surface area (Å²) in [5.41, 5.74) is 0.338. The number of carbonyl (C=O) groups is 1. The lowest BCUT2D eigenvalue weighted by Gasteiger charge is -2.15. The Bertz CT molecular complexity index is 626. The average Bonchev–Trinajstić information content (AvgIpc) is 2.75. The zero-order valence-electron chi connectivity index (χ0n) is 9.11. The van der Waals surface area contributed by atoms with E-state index < -0.39 is 16.9 Å². The number of nitrogens with one attached hydrogen (secondary N) is 1. The second kappa shape index (κ2) is 4.53. The van der Waals surface area contributed by atoms with Crippen LogP contribution in [0.1, 0.15) is 6.92 Å². The first-order chi connectivity index (χ1) is 8.50. The number of nitro groups is 1. The minimum atomic E-state index is -1.35. The van der Waals surface area contributed by atoms with Crippen molar-refractivity contribution in [3.8, 4) is 0 Å². The van der Waals surface area contributed by atoms with Crippen molar-refractivity contribution in [1.82, 2.24) is 8.75 Å². The monoisotopic (exact) mass is 267 g/mol. The lowest BCUT2D eigenvalue weighted by atomic mass is 10.2. The molecule has 2 aromatic rings. The zero-order chi connectivity index (χ0) is 13.3. The SMILES string of the molecule is C[C@H](Nc1ccc2nsnc2c1[N+](=O)[O-])C(=O)[O-]. The number of fused-ring (bicyclic) bond motifs is 1. The van der Waals surface area contributed by atoms with Gasteiger partial charge in [0.25, 0.3) is 0 Å². The quantitative estimate of drug-likeness (QED) is 0.618. The highest BCUT2D eigenvalue weighted by molar-refractivity contribution is 7.00. The number of hydrogen-bond donors (Lipinski definition) is 1. The number of hydrogen-bond acceptors (Lipinski definition) is 8. The van der Waals surface area contributed by atoms with Gasteiger partial charge in [0, 0.05) is 0 Å². The molecule has 0 aliphatic rings. The average molecular weight is 267 g/mol. The molecule has 0 saturated carbocycles. The Morgan fingerprint density at radius 2 is 2.22 bits per heavy atom. The maximum Gasteiger partial charge on any atom is 0.321 e. The third-order valence-electron chi connectivity index (χ3n) is 2.31. The van der Waals surface area contributed by atoms with Crippen LogP contribution >= 0.6 is 11.7 Å². The van der Waals surface area contributed by atoms with Gasteiger partial charge in [-0.25, -0.2) is 0 Å². The number of nitrogens with zero attached hydrogens (tertiary/aromatic N) is 3. The largest absolute Gasteiger partial charge is 0.548 e. The molecule has 0 fully saturated rings. The highest BCUT2D eigenvalue weighted by Crippen LogP contribution is 2.32. The maximum absolute atomic E-state index is 11.0. The van der Waals surface area contributed by atoms with E-state index in [0.29, 0.717) is 5.52 Å². The fourth-order valence-electron chi connectivity index (χ4n) is 1.43. The van der Waals surface area contributed by atoms with Gasteiger partial charge in [0.15, 0.2) is 5.52 Å². The number of carboxylic acid groups (broad SMARTS) is 1. The Balaban J connectivity index is 2.52. The molecule has 18 heavy (non-hydrogen) atoms. The highest BCUT2D eigenvalue weighted by Gasteiger charge is 2.22. The van der Waals surface area contributed by atoms with E-state index in [4.69, 9.17) is 0 Å². The molecule has 2 rings (SSSR count). The van der Waals surface area contributed by atoms with Crippen LogP contribution in [-0.4, -0.2) is 25.7 Å². The molecule has 1 aromatic carbocycles. The van der Waals surface area contributed by atoms with Gasteiger partial charge >= 0.3 is 5.69 Å². The molecule has 0 aliphatic carbocycles. The van der Waals surface area contributed by atoms with E-state index in [1.54, 1.807) is 0 Å². The predicted molar refractivity (Wildman–Crippen MR) is 62.2 cm³/mol. The summed E-state index contributed by atoms with van der Waals surface area (Å²) >= 11 is 0.857. The van der Waals surface area contributed by atoms with Gasteiger partial charge in [-0.1, -0.05) is 0 Å². The van der Waals surface area contributed by atoms with Gasteiger partial charge in [0.05, 0.1) is 28.7 Å². The Labute approximate surface area is 105 Å². The molecule has 94 valence electrons. The summed E-state index contributed by atoms with van der Waals surface area (Å²) in [4.78, 5) is 21.0. The van der Waals surface area contributed by atoms with Gasteiger partial charge in [-0.15, -0.1) is 0 Å². The number of carboxylic acids is 1. The summed E-state index contributed by atoms with van der Waals surface area (Å²) in [5.74, 6) is -1.35. The van der Waals surface area contributed by atoms with Crippen LogP contribution in [0.2, 0.25) is 0 Å². The molecule has 0 amide bonds. The predicted octanol–water partition coefficient (Wildman–Crippen LogP) is 0.150. The van der Waals surface area contributed by atoms with E-state index >= 15 is 0 Å². The van der Waals surface area contributed by atoms with Crippen molar-refractivity contribution in [1.29, 1.82) is 0 Å². The third-order valence-corrected chi connectivity index (χ3v) is 2.85. The van der Waals surface area contributed by atoms with Gasteiger partial charge in [-0.05, 0) is 19.1 Å². The van der Waals surface area contributed by atoms with Gasteiger partial charge in [-0.3, -0.25) is 10.1 Å². The molecule has 0 saturated heterocycles. The maximum atomic E-state index is 11.0. The summed E-state index contributed by atoms with van der Waals surface area (Å²) in [6.07, 6.45) is 0. The van der Waals surface area contributed by atoms with Crippen LogP contribution in [-0.2, 0) is 4.79 Å². The molecule has 1 heterocycles.